The number of fused-ring (bicyclic) bond motifs is 1. The van der Waals surface area contributed by atoms with Crippen LogP contribution < -0.4 is 5.32 Å². The minimum atomic E-state index is 0.634. The van der Waals surface area contributed by atoms with E-state index in [0.29, 0.717) is 12.0 Å². The molecule has 1 N–H and O–H groups in total. The van der Waals surface area contributed by atoms with Crippen LogP contribution in [0.15, 0.2) is 18.2 Å². The number of nitrogens with zero attached hydrogens (tertiary/aromatic N) is 1. The van der Waals surface area contributed by atoms with E-state index in [2.05, 4.69) is 42.3 Å². The summed E-state index contributed by atoms with van der Waals surface area (Å²) in [5.41, 5.74) is 4.22. The van der Waals surface area contributed by atoms with Gasteiger partial charge in [0.1, 0.15) is 0 Å². The smallest absolute Gasteiger partial charge is 0.0410 e. The van der Waals surface area contributed by atoms with Gasteiger partial charge in [-0.2, -0.15) is 0 Å². The van der Waals surface area contributed by atoms with Gasteiger partial charge in [0.25, 0.3) is 0 Å². The van der Waals surface area contributed by atoms with Gasteiger partial charge in [0.2, 0.25) is 0 Å². The van der Waals surface area contributed by atoms with Crippen LogP contribution in [0.5, 0.6) is 0 Å². The van der Waals surface area contributed by atoms with Gasteiger partial charge in [-0.3, -0.25) is 4.90 Å². The lowest BCUT2D eigenvalue weighted by Crippen LogP contribution is -2.37. The highest BCUT2D eigenvalue weighted by Crippen LogP contribution is 2.39. The van der Waals surface area contributed by atoms with E-state index in [1.807, 2.05) is 0 Å². The largest absolute Gasteiger partial charge is 0.384 e. The summed E-state index contributed by atoms with van der Waals surface area (Å²) in [5, 5.41) is 3.58. The first-order valence-electron chi connectivity index (χ1n) is 6.84. The van der Waals surface area contributed by atoms with Crippen molar-refractivity contribution in [2.24, 2.45) is 5.92 Å². The fourth-order valence-corrected chi connectivity index (χ4v) is 3.35. The van der Waals surface area contributed by atoms with Crippen LogP contribution in [0.25, 0.3) is 0 Å². The monoisotopic (exact) mass is 230 g/mol. The predicted octanol–water partition coefficient (Wildman–Crippen LogP) is 3.19. The van der Waals surface area contributed by atoms with Gasteiger partial charge < -0.3 is 5.32 Å². The number of likely N-dealkylation sites (tertiary alicyclic amines) is 1. The van der Waals surface area contributed by atoms with E-state index in [-0.39, 0.29) is 0 Å². The topological polar surface area (TPSA) is 15.3 Å². The second-order valence-corrected chi connectivity index (χ2v) is 5.64. The van der Waals surface area contributed by atoms with Crippen molar-refractivity contribution in [3.8, 4) is 0 Å². The third-order valence-electron chi connectivity index (χ3n) is 4.21. The summed E-state index contributed by atoms with van der Waals surface area (Å²) in [6, 6.07) is 7.51. The van der Waals surface area contributed by atoms with Gasteiger partial charge in [0.05, 0.1) is 0 Å². The first-order chi connectivity index (χ1) is 8.25. The molecule has 0 spiro atoms. The van der Waals surface area contributed by atoms with Gasteiger partial charge in [0.15, 0.2) is 0 Å². The molecule has 0 amide bonds. The second kappa shape index (κ2) is 4.34. The summed E-state index contributed by atoms with van der Waals surface area (Å²) in [5.74, 6) is 0.711. The Morgan fingerprint density at radius 1 is 1.24 bits per heavy atom. The van der Waals surface area contributed by atoms with Crippen LogP contribution in [0.2, 0.25) is 0 Å². The molecule has 92 valence electrons. The van der Waals surface area contributed by atoms with E-state index in [1.54, 1.807) is 0 Å². The molecule has 17 heavy (non-hydrogen) atoms. The molecule has 2 aliphatic rings. The molecule has 2 heterocycles. The summed E-state index contributed by atoms with van der Waals surface area (Å²) in [6.45, 7) is 8.21. The maximum Gasteiger partial charge on any atom is 0.0410 e. The molecule has 1 aromatic carbocycles. The van der Waals surface area contributed by atoms with E-state index >= 15 is 0 Å². The molecule has 0 saturated carbocycles. The Morgan fingerprint density at radius 3 is 2.76 bits per heavy atom. The van der Waals surface area contributed by atoms with Gasteiger partial charge >= 0.3 is 0 Å². The summed E-state index contributed by atoms with van der Waals surface area (Å²) >= 11 is 0. The van der Waals surface area contributed by atoms with Crippen LogP contribution in [0, 0.1) is 12.8 Å². The number of benzene rings is 1. The summed E-state index contributed by atoms with van der Waals surface area (Å²) in [6.07, 6.45) is 2.75. The van der Waals surface area contributed by atoms with E-state index in [0.717, 1.165) is 6.54 Å². The number of nitrogens with one attached hydrogen (secondary N) is 1. The van der Waals surface area contributed by atoms with E-state index in [1.165, 1.54) is 42.7 Å². The van der Waals surface area contributed by atoms with Crippen LogP contribution in [-0.4, -0.2) is 24.5 Å². The third kappa shape index (κ3) is 1.95. The van der Waals surface area contributed by atoms with E-state index < -0.39 is 0 Å². The fourth-order valence-electron chi connectivity index (χ4n) is 3.35. The second-order valence-electron chi connectivity index (χ2n) is 5.64. The normalized spacial score (nSPS) is 28.8. The van der Waals surface area contributed by atoms with E-state index in [4.69, 9.17) is 0 Å². The average molecular weight is 230 g/mol. The first-order valence-corrected chi connectivity index (χ1v) is 6.84. The van der Waals surface area contributed by atoms with Crippen LogP contribution >= 0.6 is 0 Å². The molecule has 0 aromatic heterocycles. The lowest BCUT2D eigenvalue weighted by Gasteiger charge is -2.38. The molecule has 2 heteroatoms. The predicted molar refractivity (Wildman–Crippen MR) is 72.4 cm³/mol. The first kappa shape index (κ1) is 11.1. The Balaban J connectivity index is 1.97. The Morgan fingerprint density at radius 2 is 2.00 bits per heavy atom. The number of rotatable bonds is 1. The number of anilines is 1. The molecule has 2 aliphatic heterocycles. The van der Waals surface area contributed by atoms with Gasteiger partial charge in [-0.15, -0.1) is 0 Å². The molecule has 0 aliphatic carbocycles. The maximum atomic E-state index is 3.58. The number of hydrogen-bond acceptors (Lipinski definition) is 2. The van der Waals surface area contributed by atoms with Crippen LogP contribution in [0.3, 0.4) is 0 Å². The zero-order valence-corrected chi connectivity index (χ0v) is 10.9. The molecule has 1 saturated heterocycles. The van der Waals surface area contributed by atoms with Crippen molar-refractivity contribution in [1.29, 1.82) is 0 Å². The SMILES string of the molecule is Cc1ccc2c(c1)NCC(C)C2N1CCCC1. The van der Waals surface area contributed by atoms with Crippen molar-refractivity contribution in [2.75, 3.05) is 25.0 Å². The average Bonchev–Trinajstić information content (AvgIpc) is 2.82. The van der Waals surface area contributed by atoms with Crippen molar-refractivity contribution in [2.45, 2.75) is 32.7 Å². The minimum Gasteiger partial charge on any atom is -0.384 e. The van der Waals surface area contributed by atoms with Crippen molar-refractivity contribution in [3.05, 3.63) is 29.3 Å². The Bertz CT molecular complexity index is 407. The lowest BCUT2D eigenvalue weighted by atomic mass is 9.88. The molecule has 2 atom stereocenters. The highest BCUT2D eigenvalue weighted by atomic mass is 15.2. The van der Waals surface area contributed by atoms with Crippen molar-refractivity contribution < 1.29 is 0 Å². The zero-order valence-electron chi connectivity index (χ0n) is 10.9. The molecule has 0 bridgehead atoms. The third-order valence-corrected chi connectivity index (χ3v) is 4.21. The molecule has 2 nitrogen and oxygen atoms in total. The molecule has 1 fully saturated rings. The standard InChI is InChI=1S/C15H22N2/c1-11-5-6-13-14(9-11)16-10-12(2)15(13)17-7-3-4-8-17/h5-6,9,12,15-16H,3-4,7-8,10H2,1-2H3. The quantitative estimate of drug-likeness (QED) is 0.797. The van der Waals surface area contributed by atoms with Gasteiger partial charge in [-0.05, 0) is 56.0 Å². The highest BCUT2D eigenvalue weighted by molar-refractivity contribution is 5.56. The van der Waals surface area contributed by atoms with Crippen LogP contribution in [0.4, 0.5) is 5.69 Å². The van der Waals surface area contributed by atoms with Crippen LogP contribution in [-0.2, 0) is 0 Å². The van der Waals surface area contributed by atoms with Crippen molar-refractivity contribution >= 4 is 5.69 Å². The van der Waals surface area contributed by atoms with Crippen molar-refractivity contribution in [1.82, 2.24) is 4.90 Å². The van der Waals surface area contributed by atoms with Gasteiger partial charge in [0, 0.05) is 18.3 Å². The molecule has 3 rings (SSSR count). The molecule has 1 aromatic rings. The van der Waals surface area contributed by atoms with Crippen LogP contribution in [0.1, 0.15) is 36.9 Å². The molecule has 2 unspecified atom stereocenters. The highest BCUT2D eigenvalue weighted by Gasteiger charge is 2.32. The van der Waals surface area contributed by atoms with Crippen molar-refractivity contribution in [3.63, 3.8) is 0 Å². The minimum absolute atomic E-state index is 0.634. The lowest BCUT2D eigenvalue weighted by molar-refractivity contribution is 0.185. The Hall–Kier alpha value is -1.02. The number of hydrogen-bond donors (Lipinski definition) is 1. The van der Waals surface area contributed by atoms with Gasteiger partial charge in [-0.25, -0.2) is 0 Å². The summed E-state index contributed by atoms with van der Waals surface area (Å²) in [4.78, 5) is 2.68. The summed E-state index contributed by atoms with van der Waals surface area (Å²) < 4.78 is 0. The number of aryl methyl sites for hydroxylation is 1. The molecule has 0 radical (unpaired) electrons. The fraction of sp³-hybridized carbons (Fsp3) is 0.600. The summed E-state index contributed by atoms with van der Waals surface area (Å²) in [7, 11) is 0. The Labute approximate surface area is 104 Å². The van der Waals surface area contributed by atoms with Gasteiger partial charge in [-0.1, -0.05) is 19.1 Å². The molecular formula is C15H22N2. The zero-order chi connectivity index (χ0) is 11.8. The van der Waals surface area contributed by atoms with E-state index in [9.17, 15) is 0 Å². The molecular weight excluding hydrogens is 208 g/mol. The Kier molecular flexibility index (Phi) is 2.83. The maximum absolute atomic E-state index is 3.58.